The first-order valence-corrected chi connectivity index (χ1v) is 19.2. The number of benzene rings is 6. The fourth-order valence-electron chi connectivity index (χ4n) is 6.71. The Morgan fingerprint density at radius 3 is 1.51 bits per heavy atom. The van der Waals surface area contributed by atoms with Crippen molar-refractivity contribution in [3.8, 4) is 0 Å². The Morgan fingerprint density at radius 2 is 1.00 bits per heavy atom. The van der Waals surface area contributed by atoms with Crippen LogP contribution >= 0.6 is 0 Å². The predicted molar refractivity (Wildman–Crippen MR) is 222 cm³/mol. The van der Waals surface area contributed by atoms with Crippen molar-refractivity contribution in [2.75, 3.05) is 6.61 Å². The predicted octanol–water partition coefficient (Wildman–Crippen LogP) is 11.1. The van der Waals surface area contributed by atoms with E-state index in [4.69, 9.17) is 29.4 Å². The molecule has 5 atom stereocenters. The third kappa shape index (κ3) is 14.3. The summed E-state index contributed by atoms with van der Waals surface area (Å²) in [4.78, 5) is 0. The van der Waals surface area contributed by atoms with Gasteiger partial charge >= 0.3 is 0 Å². The summed E-state index contributed by atoms with van der Waals surface area (Å²) in [5.41, 5.74) is 14.6. The van der Waals surface area contributed by atoms with Crippen molar-refractivity contribution < 1.29 is 56.4 Å². The third-order valence-corrected chi connectivity index (χ3v) is 9.36. The fourth-order valence-corrected chi connectivity index (χ4v) is 6.71. The van der Waals surface area contributed by atoms with Gasteiger partial charge in [0.2, 0.25) is 0 Å². The summed E-state index contributed by atoms with van der Waals surface area (Å²) in [6.07, 6.45) is -1.55. The average Bonchev–Trinajstić information content (AvgIpc) is 3.23. The first-order valence-electron chi connectivity index (χ1n) is 19.2. The Hall–Kier alpha value is -4.24. The van der Waals surface area contributed by atoms with Crippen molar-refractivity contribution in [3.05, 3.63) is 233 Å². The standard InChI is InChI=1S/C47H45O5.C3H6N.Y/c1-6-17-36(18-7-1)29-41-27-16-28-42(30-41)44-46(50-33-39-23-12-4-13-24-39)47(51-34-40-25-14-5-15-26-40)45(49-32-38-21-10-3-11-22-38)43(52-44)35-48-31-37-19-8-2-9-20-37;1-3(2)4;/h2-28,30,43-47H,29,31-35H2;4H,1H2,2H3;/q2*-1;/t43-,44+,45?,46+,47+;;/m1../s1. The molecule has 1 radical (unpaired) electrons. The second-order valence-electron chi connectivity index (χ2n) is 14.0. The minimum Gasteiger partial charge on any atom is -0.703 e. The van der Waals surface area contributed by atoms with Crippen molar-refractivity contribution in [3.63, 3.8) is 0 Å². The van der Waals surface area contributed by atoms with E-state index in [0.717, 1.165) is 34.2 Å². The molecule has 0 amide bonds. The minimum atomic E-state index is -0.489. The van der Waals surface area contributed by atoms with E-state index in [1.54, 1.807) is 6.92 Å². The number of nitrogens with one attached hydrogen (secondary N) is 1. The van der Waals surface area contributed by atoms with E-state index in [1.165, 1.54) is 11.1 Å². The van der Waals surface area contributed by atoms with Gasteiger partial charge in [-0.2, -0.15) is 41.6 Å². The number of allylic oxidation sites excluding steroid dienone is 1. The molecule has 1 N–H and O–H groups in total. The van der Waals surface area contributed by atoms with Gasteiger partial charge in [-0.05, 0) is 39.8 Å². The maximum atomic E-state index is 7.14. The van der Waals surface area contributed by atoms with Crippen LogP contribution in [0.25, 0.3) is 5.73 Å². The molecule has 6 aromatic rings. The topological polar surface area (TPSA) is 70.0 Å². The Labute approximate surface area is 363 Å². The van der Waals surface area contributed by atoms with Crippen molar-refractivity contribution in [2.45, 2.75) is 70.3 Å². The minimum absolute atomic E-state index is 0. The summed E-state index contributed by atoms with van der Waals surface area (Å²) in [7, 11) is 0. The smallest absolute Gasteiger partial charge is 0.117 e. The Balaban J connectivity index is 0.00000119. The molecule has 7 heteroatoms. The van der Waals surface area contributed by atoms with Crippen LogP contribution in [0.1, 0.15) is 52.0 Å². The van der Waals surface area contributed by atoms with Crippen molar-refractivity contribution >= 4 is 0 Å². The number of hydrogen-bond donors (Lipinski definition) is 0. The van der Waals surface area contributed by atoms with E-state index in [1.807, 2.05) is 84.9 Å². The molecule has 1 fully saturated rings. The van der Waals surface area contributed by atoms with Crippen molar-refractivity contribution in [1.82, 2.24) is 0 Å². The quantitative estimate of drug-likeness (QED) is 0.0909. The van der Waals surface area contributed by atoms with Crippen LogP contribution in [0.3, 0.4) is 0 Å². The van der Waals surface area contributed by atoms with Crippen LogP contribution in [0, 0.1) is 6.07 Å². The Bertz CT molecular complexity index is 2000. The van der Waals surface area contributed by atoms with Gasteiger partial charge in [-0.1, -0.05) is 153 Å². The molecule has 0 aliphatic carbocycles. The van der Waals surface area contributed by atoms with E-state index in [-0.39, 0.29) is 32.7 Å². The van der Waals surface area contributed by atoms with Gasteiger partial charge in [0.25, 0.3) is 0 Å². The number of rotatable bonds is 16. The summed E-state index contributed by atoms with van der Waals surface area (Å²) in [5, 5.41) is 0. The zero-order valence-corrected chi connectivity index (χ0v) is 35.5. The average molecular weight is 835 g/mol. The van der Waals surface area contributed by atoms with Gasteiger partial charge in [0.15, 0.2) is 0 Å². The molecular formula is C50H51NO5Y-2. The molecule has 7 rings (SSSR count). The molecule has 1 aliphatic heterocycles. The fraction of sp³-hybridized carbons (Fsp3) is 0.240. The van der Waals surface area contributed by atoms with Crippen LogP contribution in [-0.2, 0) is 89.2 Å². The summed E-state index contributed by atoms with van der Waals surface area (Å²) >= 11 is 0. The molecular weight excluding hydrogens is 783 g/mol. The first kappa shape index (κ1) is 43.9. The van der Waals surface area contributed by atoms with Crippen LogP contribution in [0.2, 0.25) is 0 Å². The normalized spacial score (nSPS) is 18.7. The summed E-state index contributed by atoms with van der Waals surface area (Å²) in [5.74, 6) is 0. The van der Waals surface area contributed by atoms with Gasteiger partial charge in [-0.25, -0.2) is 0 Å². The monoisotopic (exact) mass is 834 g/mol. The molecule has 0 aromatic heterocycles. The number of ether oxygens (including phenoxy) is 5. The summed E-state index contributed by atoms with van der Waals surface area (Å²) in [6.45, 7) is 6.84. The Morgan fingerprint density at radius 1 is 0.561 bits per heavy atom. The van der Waals surface area contributed by atoms with Gasteiger partial charge in [-0.15, -0.1) is 6.58 Å². The maximum Gasteiger partial charge on any atom is 0.117 e. The molecule has 291 valence electrons. The van der Waals surface area contributed by atoms with Crippen LogP contribution in [0.5, 0.6) is 0 Å². The van der Waals surface area contributed by atoms with Crippen LogP contribution < -0.4 is 0 Å². The van der Waals surface area contributed by atoms with Gasteiger partial charge in [0, 0.05) is 32.7 Å². The van der Waals surface area contributed by atoms with Crippen LogP contribution in [-0.4, -0.2) is 31.0 Å². The maximum absolute atomic E-state index is 7.14. The van der Waals surface area contributed by atoms with Crippen molar-refractivity contribution in [2.24, 2.45) is 0 Å². The summed E-state index contributed by atoms with van der Waals surface area (Å²) in [6, 6.07) is 60.9. The van der Waals surface area contributed by atoms with Crippen LogP contribution in [0.4, 0.5) is 0 Å². The van der Waals surface area contributed by atoms with Crippen molar-refractivity contribution in [1.29, 1.82) is 0 Å². The van der Waals surface area contributed by atoms with Gasteiger partial charge in [0.1, 0.15) is 30.5 Å². The zero-order chi connectivity index (χ0) is 38.8. The molecule has 6 aromatic carbocycles. The zero-order valence-electron chi connectivity index (χ0n) is 32.6. The first-order chi connectivity index (χ1) is 27.5. The van der Waals surface area contributed by atoms with E-state index in [9.17, 15) is 0 Å². The molecule has 57 heavy (non-hydrogen) atoms. The molecule has 0 bridgehead atoms. The molecule has 1 saturated heterocycles. The van der Waals surface area contributed by atoms with Crippen LogP contribution in [0.15, 0.2) is 182 Å². The molecule has 0 spiro atoms. The Kier molecular flexibility index (Phi) is 18.4. The van der Waals surface area contributed by atoms with Gasteiger partial charge in [0.05, 0.1) is 33.0 Å². The van der Waals surface area contributed by atoms with E-state index in [2.05, 4.69) is 97.6 Å². The molecule has 6 nitrogen and oxygen atoms in total. The van der Waals surface area contributed by atoms with Gasteiger partial charge < -0.3 is 29.4 Å². The molecule has 1 heterocycles. The second-order valence-corrected chi connectivity index (χ2v) is 14.0. The molecule has 1 unspecified atom stereocenters. The SMILES string of the molecule is C=C(C)[NH-].[Y].[c-]1ccc(Cc2cccc([C@@H]3O[C@H](COCc4ccccc4)C(OCc4ccccc4)[C@H](OCc4ccccc4)[C@H]3OCc3ccccc3)c2)cc1. The van der Waals surface area contributed by atoms with Gasteiger partial charge in [-0.3, -0.25) is 0 Å². The third-order valence-electron chi connectivity index (χ3n) is 9.36. The molecule has 0 saturated carbocycles. The van der Waals surface area contributed by atoms with E-state index >= 15 is 0 Å². The summed E-state index contributed by atoms with van der Waals surface area (Å²) < 4.78 is 34.3. The van der Waals surface area contributed by atoms with E-state index < -0.39 is 30.5 Å². The largest absolute Gasteiger partial charge is 0.703 e. The molecule has 1 aliphatic rings. The number of hydrogen-bond acceptors (Lipinski definition) is 5. The second kappa shape index (κ2) is 23.9. The van der Waals surface area contributed by atoms with E-state index in [0.29, 0.717) is 38.7 Å².